The number of amides is 1. The number of hydrogen-bond acceptors (Lipinski definition) is 6. The predicted octanol–water partition coefficient (Wildman–Crippen LogP) is 3.20. The van der Waals surface area contributed by atoms with Crippen LogP contribution in [0.5, 0.6) is 0 Å². The molecule has 0 unspecified atom stereocenters. The van der Waals surface area contributed by atoms with Gasteiger partial charge in [0.15, 0.2) is 5.13 Å². The number of thiazole rings is 2. The lowest BCUT2D eigenvalue weighted by molar-refractivity contribution is 0.102. The Bertz CT molecular complexity index is 671. The maximum absolute atomic E-state index is 12.4. The second kappa shape index (κ2) is 6.06. The molecule has 22 heavy (non-hydrogen) atoms. The SMILES string of the molecule is O=C(Nc1ncc(C2CCNCC2)s1)c1scnc1C1CC1. The lowest BCUT2D eigenvalue weighted by atomic mass is 9.97. The van der Waals surface area contributed by atoms with Gasteiger partial charge in [0.1, 0.15) is 4.88 Å². The van der Waals surface area contributed by atoms with Crippen molar-refractivity contribution in [1.82, 2.24) is 15.3 Å². The summed E-state index contributed by atoms with van der Waals surface area (Å²) >= 11 is 3.03. The number of nitrogens with one attached hydrogen (secondary N) is 2. The molecule has 5 nitrogen and oxygen atoms in total. The molecule has 0 atom stereocenters. The number of piperidine rings is 1. The first-order valence-corrected chi connectivity index (χ1v) is 9.42. The second-order valence-electron chi connectivity index (χ2n) is 5.89. The summed E-state index contributed by atoms with van der Waals surface area (Å²) in [5.41, 5.74) is 2.74. The molecule has 0 spiro atoms. The van der Waals surface area contributed by atoms with Gasteiger partial charge >= 0.3 is 0 Å². The minimum atomic E-state index is -0.0596. The predicted molar refractivity (Wildman–Crippen MR) is 89.0 cm³/mol. The zero-order chi connectivity index (χ0) is 14.9. The quantitative estimate of drug-likeness (QED) is 0.901. The summed E-state index contributed by atoms with van der Waals surface area (Å²) in [5.74, 6) is 1.01. The molecule has 2 N–H and O–H groups in total. The Morgan fingerprint density at radius 2 is 2.00 bits per heavy atom. The van der Waals surface area contributed by atoms with Gasteiger partial charge in [-0.05, 0) is 44.7 Å². The summed E-state index contributed by atoms with van der Waals surface area (Å²) in [5, 5.41) is 7.03. The fraction of sp³-hybridized carbons (Fsp3) is 0.533. The van der Waals surface area contributed by atoms with E-state index in [9.17, 15) is 4.79 Å². The van der Waals surface area contributed by atoms with E-state index in [1.165, 1.54) is 16.2 Å². The van der Waals surface area contributed by atoms with E-state index in [-0.39, 0.29) is 5.91 Å². The van der Waals surface area contributed by atoms with E-state index < -0.39 is 0 Å². The third-order valence-electron chi connectivity index (χ3n) is 4.25. The lowest BCUT2D eigenvalue weighted by Crippen LogP contribution is -2.26. The van der Waals surface area contributed by atoms with Crippen LogP contribution in [0.15, 0.2) is 11.7 Å². The molecule has 2 aromatic heterocycles. The first-order valence-electron chi connectivity index (χ1n) is 7.72. The molecule has 1 saturated heterocycles. The molecule has 1 saturated carbocycles. The molecule has 0 bridgehead atoms. The summed E-state index contributed by atoms with van der Waals surface area (Å²) in [6.45, 7) is 2.13. The topological polar surface area (TPSA) is 66.9 Å². The Hall–Kier alpha value is -1.31. The molecule has 1 aliphatic carbocycles. The van der Waals surface area contributed by atoms with Crippen LogP contribution in [0.1, 0.15) is 57.8 Å². The van der Waals surface area contributed by atoms with Crippen LogP contribution < -0.4 is 10.6 Å². The highest BCUT2D eigenvalue weighted by Gasteiger charge is 2.31. The van der Waals surface area contributed by atoms with Gasteiger partial charge in [-0.1, -0.05) is 0 Å². The van der Waals surface area contributed by atoms with Crippen LogP contribution in [0.4, 0.5) is 5.13 Å². The van der Waals surface area contributed by atoms with Gasteiger partial charge in [0.25, 0.3) is 5.91 Å². The van der Waals surface area contributed by atoms with Gasteiger partial charge in [0.2, 0.25) is 0 Å². The van der Waals surface area contributed by atoms with Crippen molar-refractivity contribution in [2.24, 2.45) is 0 Å². The Labute approximate surface area is 137 Å². The molecular weight excluding hydrogens is 316 g/mol. The normalized spacial score (nSPS) is 19.3. The summed E-state index contributed by atoms with van der Waals surface area (Å²) in [6, 6.07) is 0. The first kappa shape index (κ1) is 14.3. The average Bonchev–Trinajstić information content (AvgIpc) is 3.09. The minimum Gasteiger partial charge on any atom is -0.317 e. The molecule has 0 aromatic carbocycles. The van der Waals surface area contributed by atoms with Crippen molar-refractivity contribution >= 4 is 33.7 Å². The molecule has 1 amide bonds. The number of nitrogens with zero attached hydrogens (tertiary/aromatic N) is 2. The van der Waals surface area contributed by atoms with Gasteiger partial charge in [-0.2, -0.15) is 0 Å². The zero-order valence-electron chi connectivity index (χ0n) is 12.2. The maximum atomic E-state index is 12.4. The van der Waals surface area contributed by atoms with Crippen molar-refractivity contribution in [2.45, 2.75) is 37.5 Å². The van der Waals surface area contributed by atoms with Gasteiger partial charge in [0, 0.05) is 17.0 Å². The molecule has 2 fully saturated rings. The Balaban J connectivity index is 1.45. The maximum Gasteiger partial charge on any atom is 0.269 e. The first-order chi connectivity index (χ1) is 10.8. The molecule has 4 rings (SSSR count). The van der Waals surface area contributed by atoms with E-state index in [0.717, 1.165) is 49.3 Å². The van der Waals surface area contributed by atoms with Gasteiger partial charge < -0.3 is 5.32 Å². The molecule has 3 heterocycles. The summed E-state index contributed by atoms with van der Waals surface area (Å²) < 4.78 is 0. The third kappa shape index (κ3) is 2.93. The third-order valence-corrected chi connectivity index (χ3v) is 6.17. The van der Waals surface area contributed by atoms with Crippen LogP contribution >= 0.6 is 22.7 Å². The summed E-state index contributed by atoms with van der Waals surface area (Å²) in [6.07, 6.45) is 6.53. The number of carbonyl (C=O) groups is 1. The Kier molecular flexibility index (Phi) is 3.94. The van der Waals surface area contributed by atoms with Crippen molar-refractivity contribution < 1.29 is 4.79 Å². The standard InChI is InChI=1S/C15H18N4OS2/c20-14(13-12(10-1-2-10)18-8-21-13)19-15-17-7-11(22-15)9-3-5-16-6-4-9/h7-10,16H,1-6H2,(H,17,19,20). The summed E-state index contributed by atoms with van der Waals surface area (Å²) in [7, 11) is 0. The van der Waals surface area contributed by atoms with Crippen LogP contribution in [-0.2, 0) is 0 Å². The highest BCUT2D eigenvalue weighted by molar-refractivity contribution is 7.16. The molecule has 0 radical (unpaired) electrons. The van der Waals surface area contributed by atoms with E-state index in [4.69, 9.17) is 0 Å². The summed E-state index contributed by atoms with van der Waals surface area (Å²) in [4.78, 5) is 23.2. The molecule has 2 aliphatic rings. The van der Waals surface area contributed by atoms with Crippen molar-refractivity contribution in [1.29, 1.82) is 0 Å². The van der Waals surface area contributed by atoms with Gasteiger partial charge in [-0.3, -0.25) is 10.1 Å². The smallest absolute Gasteiger partial charge is 0.269 e. The molecule has 1 aliphatic heterocycles. The van der Waals surface area contributed by atoms with Crippen molar-refractivity contribution in [3.05, 3.63) is 27.2 Å². The van der Waals surface area contributed by atoms with Gasteiger partial charge in [-0.25, -0.2) is 9.97 Å². The van der Waals surface area contributed by atoms with E-state index in [1.807, 2.05) is 6.20 Å². The number of carbonyl (C=O) groups excluding carboxylic acids is 1. The zero-order valence-corrected chi connectivity index (χ0v) is 13.8. The monoisotopic (exact) mass is 334 g/mol. The van der Waals surface area contributed by atoms with Crippen LogP contribution in [-0.4, -0.2) is 29.0 Å². The van der Waals surface area contributed by atoms with E-state index in [2.05, 4.69) is 20.6 Å². The average molecular weight is 334 g/mol. The van der Waals surface area contributed by atoms with Crippen molar-refractivity contribution in [2.75, 3.05) is 18.4 Å². The van der Waals surface area contributed by atoms with Crippen molar-refractivity contribution in [3.63, 3.8) is 0 Å². The highest BCUT2D eigenvalue weighted by Crippen LogP contribution is 2.42. The molecule has 7 heteroatoms. The fourth-order valence-electron chi connectivity index (χ4n) is 2.87. The number of hydrogen-bond donors (Lipinski definition) is 2. The van der Waals surface area contributed by atoms with Crippen molar-refractivity contribution in [3.8, 4) is 0 Å². The van der Waals surface area contributed by atoms with Crippen LogP contribution in [0.2, 0.25) is 0 Å². The minimum absolute atomic E-state index is 0.0596. The molecule has 2 aromatic rings. The van der Waals surface area contributed by atoms with Gasteiger partial charge in [-0.15, -0.1) is 22.7 Å². The Morgan fingerprint density at radius 3 is 2.77 bits per heavy atom. The second-order valence-corrected chi connectivity index (χ2v) is 7.80. The van der Waals surface area contributed by atoms with Crippen LogP contribution in [0.25, 0.3) is 0 Å². The van der Waals surface area contributed by atoms with Crippen LogP contribution in [0.3, 0.4) is 0 Å². The van der Waals surface area contributed by atoms with Crippen LogP contribution in [0, 0.1) is 0 Å². The fourth-order valence-corrected chi connectivity index (χ4v) is 4.62. The molecule has 116 valence electrons. The van der Waals surface area contributed by atoms with Gasteiger partial charge in [0.05, 0.1) is 11.2 Å². The highest BCUT2D eigenvalue weighted by atomic mass is 32.1. The molecular formula is C15H18N4OS2. The number of anilines is 1. The largest absolute Gasteiger partial charge is 0.317 e. The lowest BCUT2D eigenvalue weighted by Gasteiger charge is -2.20. The number of rotatable bonds is 4. The van der Waals surface area contributed by atoms with E-state index in [1.54, 1.807) is 16.8 Å². The van der Waals surface area contributed by atoms with E-state index in [0.29, 0.717) is 17.0 Å². The Morgan fingerprint density at radius 1 is 1.18 bits per heavy atom. The number of aromatic nitrogens is 2. The van der Waals surface area contributed by atoms with E-state index >= 15 is 0 Å².